The quantitative estimate of drug-likeness (QED) is 0.495. The van der Waals surface area contributed by atoms with Crippen molar-refractivity contribution in [1.29, 1.82) is 5.16 Å². The van der Waals surface area contributed by atoms with Gasteiger partial charge in [-0.05, 0) is 12.8 Å². The lowest BCUT2D eigenvalue weighted by Gasteiger charge is -2.21. The molecule has 10 heavy (non-hydrogen) atoms. The molecule has 0 heterocycles. The Hall–Kier alpha value is 0.540. The first kappa shape index (κ1) is 8.63. The van der Waals surface area contributed by atoms with E-state index >= 15 is 0 Å². The van der Waals surface area contributed by atoms with Gasteiger partial charge < -0.3 is 4.52 Å². The van der Waals surface area contributed by atoms with Crippen LogP contribution in [-0.4, -0.2) is 6.10 Å². The van der Waals surface area contributed by atoms with Gasteiger partial charge in [0.1, 0.15) is 7.14 Å². The summed E-state index contributed by atoms with van der Waals surface area (Å²) in [6, 6.07) is 0. The van der Waals surface area contributed by atoms with Crippen LogP contribution in [0.25, 0.3) is 0 Å². The van der Waals surface area contributed by atoms with Crippen LogP contribution in [0.5, 0.6) is 0 Å². The molecule has 0 radical (unpaired) electrons. The van der Waals surface area contributed by atoms with Crippen LogP contribution in [0.15, 0.2) is 0 Å². The topological polar surface area (TPSA) is 33.1 Å². The van der Waals surface area contributed by atoms with Gasteiger partial charge in [-0.2, -0.15) is 0 Å². The first-order valence-corrected chi connectivity index (χ1v) is 6.43. The number of rotatable bonds is 2. The fraction of sp³-hybridized carbons (Fsp3) is 1.00. The molecule has 60 valence electrons. The van der Waals surface area contributed by atoms with Crippen molar-refractivity contribution in [2.75, 3.05) is 0 Å². The van der Waals surface area contributed by atoms with E-state index in [0.29, 0.717) is 6.10 Å². The summed E-state index contributed by atoms with van der Waals surface area (Å²) in [5, 5.41) is 7.16. The average Bonchev–Trinajstić information content (AvgIpc) is 1.88. The van der Waals surface area contributed by atoms with Gasteiger partial charge in [0.25, 0.3) is 0 Å². The van der Waals surface area contributed by atoms with Gasteiger partial charge in [0.15, 0.2) is 0 Å². The summed E-state index contributed by atoms with van der Waals surface area (Å²) < 4.78 is 5.32. The zero-order valence-corrected chi connectivity index (χ0v) is 7.86. The average molecular weight is 179 g/mol. The molecule has 4 heteroatoms. The third-order valence-corrected chi connectivity index (χ3v) is 2.70. The van der Waals surface area contributed by atoms with E-state index in [4.69, 9.17) is 9.69 Å². The summed E-state index contributed by atoms with van der Waals surface area (Å²) in [4.78, 5) is 0. The molecule has 1 saturated carbocycles. The molecule has 0 aliphatic heterocycles. The zero-order chi connectivity index (χ0) is 7.40. The molecule has 1 unspecified atom stereocenters. The van der Waals surface area contributed by atoms with Crippen molar-refractivity contribution < 1.29 is 4.52 Å². The molecular formula is C6H14NOPS. The maximum atomic E-state index is 7.16. The molecule has 1 aliphatic carbocycles. The summed E-state index contributed by atoms with van der Waals surface area (Å²) in [5.41, 5.74) is 0. The Morgan fingerprint density at radius 1 is 1.30 bits per heavy atom. The Labute approximate surface area is 67.9 Å². The fourth-order valence-corrected chi connectivity index (χ4v) is 2.34. The maximum absolute atomic E-state index is 7.16. The van der Waals surface area contributed by atoms with Crippen molar-refractivity contribution in [2.45, 2.75) is 38.2 Å². The molecule has 1 N–H and O–H groups in total. The van der Waals surface area contributed by atoms with Crippen LogP contribution in [0.2, 0.25) is 0 Å². The molecule has 1 aliphatic rings. The minimum Gasteiger partial charge on any atom is -0.335 e. The van der Waals surface area contributed by atoms with Gasteiger partial charge in [-0.25, -0.2) is 0 Å². The molecule has 0 amide bonds. The molecule has 2 nitrogen and oxygen atoms in total. The van der Waals surface area contributed by atoms with E-state index in [1.165, 1.54) is 19.3 Å². The minimum atomic E-state index is -1.49. The lowest BCUT2D eigenvalue weighted by atomic mass is 9.98. The molecule has 0 aromatic carbocycles. The smallest absolute Gasteiger partial charge is 0.121 e. The third-order valence-electron chi connectivity index (χ3n) is 1.83. The Kier molecular flexibility index (Phi) is 3.82. The molecule has 1 rings (SSSR count). The first-order valence-electron chi connectivity index (χ1n) is 3.73. The molecule has 0 aromatic rings. The second kappa shape index (κ2) is 4.42. The van der Waals surface area contributed by atoms with Crippen molar-refractivity contribution in [3.63, 3.8) is 0 Å². The fourth-order valence-electron chi connectivity index (χ4n) is 1.34. The predicted molar refractivity (Wildman–Crippen MR) is 48.0 cm³/mol. The largest absolute Gasteiger partial charge is 0.335 e. The van der Waals surface area contributed by atoms with Crippen LogP contribution < -0.4 is 0 Å². The highest BCUT2D eigenvalue weighted by molar-refractivity contribution is 8.39. The van der Waals surface area contributed by atoms with E-state index in [9.17, 15) is 0 Å². The molecule has 0 aromatic heterocycles. The van der Waals surface area contributed by atoms with E-state index in [0.717, 1.165) is 12.8 Å². The van der Waals surface area contributed by atoms with Gasteiger partial charge in [0, 0.05) is 0 Å². The molecular weight excluding hydrogens is 165 g/mol. The van der Waals surface area contributed by atoms with E-state index in [2.05, 4.69) is 12.2 Å². The SMILES string of the molecule is N=[PH](S)OC1CCCCC1. The molecule has 1 fully saturated rings. The van der Waals surface area contributed by atoms with E-state index in [-0.39, 0.29) is 0 Å². The van der Waals surface area contributed by atoms with Crippen molar-refractivity contribution in [3.8, 4) is 0 Å². The van der Waals surface area contributed by atoms with Crippen molar-refractivity contribution in [1.82, 2.24) is 0 Å². The van der Waals surface area contributed by atoms with Crippen LogP contribution >= 0.6 is 19.4 Å². The van der Waals surface area contributed by atoms with Crippen molar-refractivity contribution >= 4 is 19.4 Å². The highest BCUT2D eigenvalue weighted by Gasteiger charge is 2.13. The molecule has 0 spiro atoms. The number of thiol groups is 1. The maximum Gasteiger partial charge on any atom is 0.121 e. The van der Waals surface area contributed by atoms with Gasteiger partial charge in [-0.15, -0.1) is 12.2 Å². The summed E-state index contributed by atoms with van der Waals surface area (Å²) in [6.07, 6.45) is 6.53. The standard InChI is InChI=1S/C6H14NOPS/c7-9(10)8-6-4-2-1-3-5-6/h6,9H,1-5H2,(H2,7,10). The second-order valence-corrected chi connectivity index (χ2v) is 4.75. The minimum absolute atomic E-state index is 0.359. The van der Waals surface area contributed by atoms with Crippen LogP contribution in [0.1, 0.15) is 32.1 Å². The first-order chi connectivity index (χ1) is 4.79. The number of hydrogen-bond donors (Lipinski definition) is 2. The van der Waals surface area contributed by atoms with Crippen LogP contribution in [0, 0.1) is 5.16 Å². The van der Waals surface area contributed by atoms with E-state index in [1.54, 1.807) is 0 Å². The normalized spacial score (nSPS) is 24.5. The summed E-state index contributed by atoms with van der Waals surface area (Å²) >= 11 is 3.95. The summed E-state index contributed by atoms with van der Waals surface area (Å²) in [6.45, 7) is 0. The second-order valence-electron chi connectivity index (χ2n) is 2.68. The predicted octanol–water partition coefficient (Wildman–Crippen LogP) is 3.07. The van der Waals surface area contributed by atoms with Crippen LogP contribution in [0.4, 0.5) is 0 Å². The van der Waals surface area contributed by atoms with Crippen molar-refractivity contribution in [3.05, 3.63) is 0 Å². The highest BCUT2D eigenvalue weighted by atomic mass is 32.7. The van der Waals surface area contributed by atoms with Crippen molar-refractivity contribution in [2.24, 2.45) is 0 Å². The third kappa shape index (κ3) is 3.09. The molecule has 0 saturated heterocycles. The van der Waals surface area contributed by atoms with E-state index < -0.39 is 7.14 Å². The Morgan fingerprint density at radius 2 is 1.90 bits per heavy atom. The monoisotopic (exact) mass is 179 g/mol. The lowest BCUT2D eigenvalue weighted by molar-refractivity contribution is 0.179. The molecule has 0 bridgehead atoms. The number of hydrogen-bond acceptors (Lipinski definition) is 2. The van der Waals surface area contributed by atoms with Gasteiger partial charge in [0.05, 0.1) is 6.10 Å². The number of nitrogens with one attached hydrogen (secondary N) is 1. The summed E-state index contributed by atoms with van der Waals surface area (Å²) in [5.74, 6) is 0. The lowest BCUT2D eigenvalue weighted by Crippen LogP contribution is -2.12. The van der Waals surface area contributed by atoms with Gasteiger partial charge in [0.2, 0.25) is 0 Å². The van der Waals surface area contributed by atoms with Gasteiger partial charge in [-0.3, -0.25) is 5.16 Å². The Morgan fingerprint density at radius 3 is 2.40 bits per heavy atom. The van der Waals surface area contributed by atoms with Gasteiger partial charge in [-0.1, -0.05) is 19.3 Å². The Balaban J connectivity index is 2.19. The zero-order valence-electron chi connectivity index (χ0n) is 5.97. The van der Waals surface area contributed by atoms with Crippen LogP contribution in [-0.2, 0) is 4.52 Å². The molecule has 1 atom stereocenters. The highest BCUT2D eigenvalue weighted by Crippen LogP contribution is 2.34. The van der Waals surface area contributed by atoms with E-state index in [1.807, 2.05) is 0 Å². The van der Waals surface area contributed by atoms with Gasteiger partial charge >= 0.3 is 0 Å². The van der Waals surface area contributed by atoms with Crippen LogP contribution in [0.3, 0.4) is 0 Å². The Bertz CT molecular complexity index is 125. The summed E-state index contributed by atoms with van der Waals surface area (Å²) in [7, 11) is -1.49.